The van der Waals surface area contributed by atoms with E-state index in [1.165, 1.54) is 0 Å². The molecular formula is C14H17N3O. The first-order valence-electron chi connectivity index (χ1n) is 5.88. The van der Waals surface area contributed by atoms with E-state index in [0.717, 1.165) is 17.0 Å². The Hall–Kier alpha value is -1.94. The Morgan fingerprint density at radius 2 is 1.61 bits per heavy atom. The van der Waals surface area contributed by atoms with Gasteiger partial charge < -0.3 is 10.5 Å². The van der Waals surface area contributed by atoms with Crippen LogP contribution in [0, 0.1) is 13.8 Å². The van der Waals surface area contributed by atoms with Crippen molar-refractivity contribution in [1.82, 2.24) is 9.97 Å². The number of nitrogens with two attached hydrogens (primary N) is 1. The third kappa shape index (κ3) is 3.05. The molecule has 0 saturated carbocycles. The molecule has 4 heteroatoms. The normalized spacial score (nSPS) is 10.6. The smallest absolute Gasteiger partial charge is 0.154 e. The van der Waals surface area contributed by atoms with Crippen LogP contribution in [0.5, 0.6) is 0 Å². The van der Waals surface area contributed by atoms with E-state index in [9.17, 15) is 0 Å². The van der Waals surface area contributed by atoms with Crippen LogP contribution in [0.25, 0.3) is 0 Å². The number of nitrogens with zero attached hydrogens (tertiary/aromatic N) is 2. The van der Waals surface area contributed by atoms with Crippen molar-refractivity contribution in [3.8, 4) is 0 Å². The molecule has 2 rings (SSSR count). The second-order valence-electron chi connectivity index (χ2n) is 4.20. The number of hydrogen-bond acceptors (Lipinski definition) is 4. The van der Waals surface area contributed by atoms with Crippen LogP contribution >= 0.6 is 0 Å². The number of rotatable bonds is 4. The quantitative estimate of drug-likeness (QED) is 0.895. The monoisotopic (exact) mass is 243 g/mol. The van der Waals surface area contributed by atoms with Crippen molar-refractivity contribution in [2.24, 2.45) is 0 Å². The lowest BCUT2D eigenvalue weighted by Gasteiger charge is -2.07. The lowest BCUT2D eigenvalue weighted by Crippen LogP contribution is -2.06. The second-order valence-corrected chi connectivity index (χ2v) is 4.20. The molecule has 0 saturated heterocycles. The minimum absolute atomic E-state index is 0.400. The molecule has 18 heavy (non-hydrogen) atoms. The number of aryl methyl sites for hydroxylation is 2. The zero-order valence-electron chi connectivity index (χ0n) is 10.7. The summed E-state index contributed by atoms with van der Waals surface area (Å²) in [5.41, 5.74) is 9.21. The Morgan fingerprint density at radius 1 is 1.00 bits per heavy atom. The Labute approximate surface area is 107 Å². The lowest BCUT2D eigenvalue weighted by molar-refractivity contribution is 0.101. The summed E-state index contributed by atoms with van der Waals surface area (Å²) in [6.45, 7) is 4.72. The van der Waals surface area contributed by atoms with Crippen LogP contribution in [-0.4, -0.2) is 9.97 Å². The van der Waals surface area contributed by atoms with Crippen LogP contribution in [0.3, 0.4) is 0 Å². The Morgan fingerprint density at radius 3 is 2.22 bits per heavy atom. The van der Waals surface area contributed by atoms with Gasteiger partial charge >= 0.3 is 0 Å². The highest BCUT2D eigenvalue weighted by atomic mass is 16.5. The SMILES string of the molecule is Cc1nc(COCc2ccccc2)nc(C)c1N. The van der Waals surface area contributed by atoms with E-state index in [0.29, 0.717) is 24.7 Å². The van der Waals surface area contributed by atoms with Gasteiger partial charge in [0.25, 0.3) is 0 Å². The summed E-state index contributed by atoms with van der Waals surface area (Å²) < 4.78 is 5.59. The molecule has 0 spiro atoms. The van der Waals surface area contributed by atoms with E-state index in [2.05, 4.69) is 9.97 Å². The van der Waals surface area contributed by atoms with Crippen molar-refractivity contribution in [3.05, 3.63) is 53.1 Å². The van der Waals surface area contributed by atoms with Crippen molar-refractivity contribution in [2.75, 3.05) is 5.73 Å². The summed E-state index contributed by atoms with van der Waals surface area (Å²) in [5, 5.41) is 0. The summed E-state index contributed by atoms with van der Waals surface area (Å²) in [5.74, 6) is 0.676. The molecule has 1 aromatic carbocycles. The highest BCUT2D eigenvalue weighted by molar-refractivity contribution is 5.45. The molecule has 0 aliphatic carbocycles. The fourth-order valence-electron chi connectivity index (χ4n) is 1.69. The molecule has 0 amide bonds. The maximum atomic E-state index is 5.80. The van der Waals surface area contributed by atoms with Gasteiger partial charge in [0.1, 0.15) is 6.61 Å². The molecule has 0 atom stereocenters. The first-order chi connectivity index (χ1) is 8.66. The van der Waals surface area contributed by atoms with Crippen molar-refractivity contribution in [3.63, 3.8) is 0 Å². The number of ether oxygens (including phenoxy) is 1. The molecule has 0 bridgehead atoms. The number of aromatic nitrogens is 2. The summed E-state index contributed by atoms with van der Waals surface area (Å²) in [6, 6.07) is 10.0. The third-order valence-corrected chi connectivity index (χ3v) is 2.72. The van der Waals surface area contributed by atoms with E-state index >= 15 is 0 Å². The van der Waals surface area contributed by atoms with E-state index in [-0.39, 0.29) is 0 Å². The van der Waals surface area contributed by atoms with Crippen molar-refractivity contribution in [1.29, 1.82) is 0 Å². The average molecular weight is 243 g/mol. The van der Waals surface area contributed by atoms with Gasteiger partial charge in [-0.15, -0.1) is 0 Å². The van der Waals surface area contributed by atoms with E-state index < -0.39 is 0 Å². The third-order valence-electron chi connectivity index (χ3n) is 2.72. The van der Waals surface area contributed by atoms with Crippen LogP contribution in [0.15, 0.2) is 30.3 Å². The van der Waals surface area contributed by atoms with Gasteiger partial charge in [-0.1, -0.05) is 30.3 Å². The molecule has 94 valence electrons. The molecule has 4 nitrogen and oxygen atoms in total. The highest BCUT2D eigenvalue weighted by Crippen LogP contribution is 2.12. The minimum atomic E-state index is 0.400. The molecule has 2 aromatic rings. The van der Waals surface area contributed by atoms with Gasteiger partial charge in [0, 0.05) is 0 Å². The predicted molar refractivity (Wildman–Crippen MR) is 70.9 cm³/mol. The maximum Gasteiger partial charge on any atom is 0.154 e. The molecule has 0 unspecified atom stereocenters. The van der Waals surface area contributed by atoms with E-state index in [4.69, 9.17) is 10.5 Å². The number of nitrogen functional groups attached to an aromatic ring is 1. The van der Waals surface area contributed by atoms with Gasteiger partial charge in [-0.25, -0.2) is 9.97 Å². The fraction of sp³-hybridized carbons (Fsp3) is 0.286. The minimum Gasteiger partial charge on any atom is -0.396 e. The van der Waals surface area contributed by atoms with Gasteiger partial charge in [0.2, 0.25) is 0 Å². The molecule has 1 heterocycles. The van der Waals surface area contributed by atoms with Crippen LogP contribution in [0.4, 0.5) is 5.69 Å². The molecule has 0 aliphatic heterocycles. The topological polar surface area (TPSA) is 61.0 Å². The highest BCUT2D eigenvalue weighted by Gasteiger charge is 2.05. The lowest BCUT2D eigenvalue weighted by atomic mass is 10.2. The molecule has 0 radical (unpaired) electrons. The number of benzene rings is 1. The average Bonchev–Trinajstić information content (AvgIpc) is 2.37. The van der Waals surface area contributed by atoms with Crippen LogP contribution in [0.2, 0.25) is 0 Å². The summed E-state index contributed by atoms with van der Waals surface area (Å²) >= 11 is 0. The number of hydrogen-bond donors (Lipinski definition) is 1. The maximum absolute atomic E-state index is 5.80. The zero-order valence-corrected chi connectivity index (χ0v) is 10.7. The molecular weight excluding hydrogens is 226 g/mol. The standard InChI is InChI=1S/C14H17N3O/c1-10-14(15)11(2)17-13(16-10)9-18-8-12-6-4-3-5-7-12/h3-7H,8-9,15H2,1-2H3. The summed E-state index contributed by atoms with van der Waals surface area (Å²) in [4.78, 5) is 8.61. The van der Waals surface area contributed by atoms with Gasteiger partial charge in [-0.2, -0.15) is 0 Å². The van der Waals surface area contributed by atoms with Crippen LogP contribution < -0.4 is 5.73 Å². The first-order valence-corrected chi connectivity index (χ1v) is 5.88. The summed E-state index contributed by atoms with van der Waals surface area (Å²) in [6.07, 6.45) is 0. The molecule has 2 N–H and O–H groups in total. The van der Waals surface area contributed by atoms with Gasteiger partial charge in [-0.3, -0.25) is 0 Å². The largest absolute Gasteiger partial charge is 0.396 e. The van der Waals surface area contributed by atoms with Crippen LogP contribution in [0.1, 0.15) is 22.8 Å². The summed E-state index contributed by atoms with van der Waals surface area (Å²) in [7, 11) is 0. The van der Waals surface area contributed by atoms with Crippen molar-refractivity contribution >= 4 is 5.69 Å². The predicted octanol–water partition coefficient (Wildman–Crippen LogP) is 2.39. The van der Waals surface area contributed by atoms with Crippen LogP contribution in [-0.2, 0) is 18.0 Å². The molecule has 0 aliphatic rings. The Bertz CT molecular complexity index is 503. The Balaban J connectivity index is 1.95. The zero-order chi connectivity index (χ0) is 13.0. The van der Waals surface area contributed by atoms with Gasteiger partial charge in [0.15, 0.2) is 5.82 Å². The Kier molecular flexibility index (Phi) is 3.89. The molecule has 1 aromatic heterocycles. The second kappa shape index (κ2) is 5.60. The van der Waals surface area contributed by atoms with E-state index in [1.54, 1.807) is 0 Å². The van der Waals surface area contributed by atoms with E-state index in [1.807, 2.05) is 44.2 Å². The number of anilines is 1. The van der Waals surface area contributed by atoms with Crippen molar-refractivity contribution in [2.45, 2.75) is 27.1 Å². The van der Waals surface area contributed by atoms with Gasteiger partial charge in [0.05, 0.1) is 23.7 Å². The van der Waals surface area contributed by atoms with Gasteiger partial charge in [-0.05, 0) is 19.4 Å². The van der Waals surface area contributed by atoms with Crippen molar-refractivity contribution < 1.29 is 4.74 Å². The fourth-order valence-corrected chi connectivity index (χ4v) is 1.69. The first kappa shape index (κ1) is 12.5. The molecule has 0 fully saturated rings.